The summed E-state index contributed by atoms with van der Waals surface area (Å²) in [7, 11) is 2.29. The summed E-state index contributed by atoms with van der Waals surface area (Å²) >= 11 is 12.6. The van der Waals surface area contributed by atoms with Crippen LogP contribution in [0, 0.1) is 11.3 Å². The second kappa shape index (κ2) is 11.4. The quantitative estimate of drug-likeness (QED) is 0.325. The van der Waals surface area contributed by atoms with E-state index >= 15 is 0 Å². The highest BCUT2D eigenvalue weighted by Gasteiger charge is 2.43. The average Bonchev–Trinajstić information content (AvgIpc) is 2.96. The molecule has 0 saturated heterocycles. The molecule has 10 heteroatoms. The fourth-order valence-electron chi connectivity index (χ4n) is 4.44. The van der Waals surface area contributed by atoms with Gasteiger partial charge in [0.15, 0.2) is 5.78 Å². The molecule has 1 atom stereocenters. The third-order valence-electron chi connectivity index (χ3n) is 6.17. The van der Waals surface area contributed by atoms with Gasteiger partial charge < -0.3 is 15.2 Å². The van der Waals surface area contributed by atoms with Crippen molar-refractivity contribution in [3.05, 3.63) is 122 Å². The lowest BCUT2D eigenvalue weighted by atomic mass is 9.80. The summed E-state index contributed by atoms with van der Waals surface area (Å²) in [5, 5.41) is 10.6. The smallest absolute Gasteiger partial charge is 0.355 e. The maximum Gasteiger partial charge on any atom is 0.355 e. The summed E-state index contributed by atoms with van der Waals surface area (Å²) in [6, 6.07) is 21.4. The van der Waals surface area contributed by atoms with E-state index in [9.17, 15) is 19.6 Å². The van der Waals surface area contributed by atoms with Crippen molar-refractivity contribution < 1.29 is 23.9 Å². The van der Waals surface area contributed by atoms with Crippen LogP contribution >= 0.6 is 23.2 Å². The molecule has 39 heavy (non-hydrogen) atoms. The molecule has 0 fully saturated rings. The molecule has 1 aliphatic rings. The number of carbonyl (C=O) groups excluding carboxylic acids is 3. The van der Waals surface area contributed by atoms with Crippen LogP contribution in [0.3, 0.4) is 0 Å². The molecule has 3 aromatic rings. The standard InChI is InChI=1S/C29H21Cl2N3O5/c1-38-28(36)24-23(16-8-4-3-5-9-16)20(15-32)27(33)34(25(24)29(37)39-2)22-13-12-17(30)14-19(22)26(35)18-10-6-7-11-21(18)31/h3-14,23H,33H2,1-2H3. The minimum Gasteiger partial charge on any atom is -0.466 e. The minimum absolute atomic E-state index is 0.0135. The van der Waals surface area contributed by atoms with Crippen molar-refractivity contribution in [1.29, 1.82) is 5.26 Å². The molecule has 8 nitrogen and oxygen atoms in total. The number of benzene rings is 3. The van der Waals surface area contributed by atoms with Gasteiger partial charge >= 0.3 is 11.9 Å². The van der Waals surface area contributed by atoms with Crippen molar-refractivity contribution in [2.75, 3.05) is 19.1 Å². The van der Waals surface area contributed by atoms with Crippen molar-refractivity contribution >= 4 is 46.6 Å². The molecule has 0 radical (unpaired) electrons. The predicted octanol–water partition coefficient (Wildman–Crippen LogP) is 5.12. The molecular weight excluding hydrogens is 541 g/mol. The molecule has 0 aliphatic carbocycles. The zero-order valence-electron chi connectivity index (χ0n) is 20.8. The number of halogens is 2. The second-order valence-corrected chi connectivity index (χ2v) is 9.15. The van der Waals surface area contributed by atoms with Gasteiger partial charge in [0.25, 0.3) is 0 Å². The molecule has 0 bridgehead atoms. The van der Waals surface area contributed by atoms with E-state index in [-0.39, 0.29) is 49.5 Å². The summed E-state index contributed by atoms with van der Waals surface area (Å²) in [5.41, 5.74) is 6.80. The summed E-state index contributed by atoms with van der Waals surface area (Å²) in [5.74, 6) is -3.60. The van der Waals surface area contributed by atoms with Crippen LogP contribution in [0.4, 0.5) is 5.69 Å². The van der Waals surface area contributed by atoms with Crippen molar-refractivity contribution in [2.24, 2.45) is 5.73 Å². The molecule has 1 unspecified atom stereocenters. The monoisotopic (exact) mass is 561 g/mol. The number of esters is 2. The maximum atomic E-state index is 13.7. The number of nitriles is 1. The molecule has 0 spiro atoms. The molecule has 1 aliphatic heterocycles. The lowest BCUT2D eigenvalue weighted by Crippen LogP contribution is -2.41. The number of allylic oxidation sites excluding steroid dienone is 1. The van der Waals surface area contributed by atoms with Crippen LogP contribution in [-0.4, -0.2) is 31.9 Å². The van der Waals surface area contributed by atoms with Gasteiger partial charge in [-0.3, -0.25) is 9.69 Å². The van der Waals surface area contributed by atoms with E-state index in [4.69, 9.17) is 38.4 Å². The molecule has 2 N–H and O–H groups in total. The summed E-state index contributed by atoms with van der Waals surface area (Å²) in [4.78, 5) is 41.5. The largest absolute Gasteiger partial charge is 0.466 e. The Kier molecular flexibility index (Phi) is 8.05. The van der Waals surface area contributed by atoms with Gasteiger partial charge in [-0.15, -0.1) is 0 Å². The zero-order chi connectivity index (χ0) is 28.3. The van der Waals surface area contributed by atoms with Crippen LogP contribution in [-0.2, 0) is 19.1 Å². The van der Waals surface area contributed by atoms with E-state index in [1.807, 2.05) is 0 Å². The Morgan fingerprint density at radius 2 is 1.54 bits per heavy atom. The normalized spacial score (nSPS) is 15.1. The van der Waals surface area contributed by atoms with Crippen LogP contribution < -0.4 is 10.6 Å². The predicted molar refractivity (Wildman–Crippen MR) is 146 cm³/mol. The van der Waals surface area contributed by atoms with Gasteiger partial charge in [-0.2, -0.15) is 5.26 Å². The Morgan fingerprint density at radius 1 is 0.897 bits per heavy atom. The Balaban J connectivity index is 2.09. The highest BCUT2D eigenvalue weighted by atomic mass is 35.5. The molecule has 0 amide bonds. The average molecular weight is 562 g/mol. The third-order valence-corrected chi connectivity index (χ3v) is 6.74. The van der Waals surface area contributed by atoms with E-state index in [2.05, 4.69) is 6.07 Å². The van der Waals surface area contributed by atoms with Crippen molar-refractivity contribution in [2.45, 2.75) is 5.92 Å². The number of anilines is 1. The molecule has 0 aromatic heterocycles. The first-order chi connectivity index (χ1) is 18.7. The molecule has 4 rings (SSSR count). The van der Waals surface area contributed by atoms with Gasteiger partial charge in [0.05, 0.1) is 48.1 Å². The molecule has 3 aromatic carbocycles. The zero-order valence-corrected chi connectivity index (χ0v) is 22.3. The van der Waals surface area contributed by atoms with Gasteiger partial charge in [-0.25, -0.2) is 9.59 Å². The van der Waals surface area contributed by atoms with Crippen LogP contribution in [0.15, 0.2) is 95.5 Å². The number of carbonyl (C=O) groups is 3. The Hall–Kier alpha value is -4.58. The van der Waals surface area contributed by atoms with Gasteiger partial charge in [0.1, 0.15) is 11.5 Å². The van der Waals surface area contributed by atoms with Crippen molar-refractivity contribution in [3.8, 4) is 6.07 Å². The van der Waals surface area contributed by atoms with E-state index in [1.54, 1.807) is 48.5 Å². The van der Waals surface area contributed by atoms with Crippen molar-refractivity contribution in [3.63, 3.8) is 0 Å². The summed E-state index contributed by atoms with van der Waals surface area (Å²) in [6.07, 6.45) is 0. The number of ether oxygens (including phenoxy) is 2. The SMILES string of the molecule is COC(=O)C1=C(C(=O)OC)N(c2ccc(Cl)cc2C(=O)c2ccccc2Cl)C(N)=C(C#N)C1c1ccccc1. The number of nitrogens with two attached hydrogens (primary N) is 1. The van der Waals surface area contributed by atoms with E-state index in [1.165, 1.54) is 24.3 Å². The first-order valence-corrected chi connectivity index (χ1v) is 12.2. The van der Waals surface area contributed by atoms with E-state index in [0.29, 0.717) is 5.56 Å². The van der Waals surface area contributed by atoms with Crippen LogP contribution in [0.2, 0.25) is 10.0 Å². The molecular formula is C29H21Cl2N3O5. The van der Waals surface area contributed by atoms with Gasteiger partial charge in [0.2, 0.25) is 0 Å². The van der Waals surface area contributed by atoms with Crippen LogP contribution in [0.1, 0.15) is 27.4 Å². The summed E-state index contributed by atoms with van der Waals surface area (Å²) in [6.45, 7) is 0. The minimum atomic E-state index is -1.05. The number of nitrogens with zero attached hydrogens (tertiary/aromatic N) is 2. The Labute approximate surface area is 234 Å². The molecule has 1 heterocycles. The number of hydrogen-bond donors (Lipinski definition) is 1. The van der Waals surface area contributed by atoms with Crippen molar-refractivity contribution in [1.82, 2.24) is 0 Å². The lowest BCUT2D eigenvalue weighted by molar-refractivity contribution is -0.139. The van der Waals surface area contributed by atoms with E-state index in [0.717, 1.165) is 19.1 Å². The molecule has 0 saturated carbocycles. The number of hydrogen-bond acceptors (Lipinski definition) is 8. The fourth-order valence-corrected chi connectivity index (χ4v) is 4.83. The van der Waals surface area contributed by atoms with Crippen LogP contribution in [0.5, 0.6) is 0 Å². The number of methoxy groups -OCH3 is 2. The van der Waals surface area contributed by atoms with Gasteiger partial charge in [-0.1, -0.05) is 65.7 Å². The maximum absolute atomic E-state index is 13.7. The molecule has 196 valence electrons. The van der Waals surface area contributed by atoms with Crippen LogP contribution in [0.25, 0.3) is 0 Å². The fraction of sp³-hybridized carbons (Fsp3) is 0.103. The topological polar surface area (TPSA) is 123 Å². The Morgan fingerprint density at radius 3 is 2.15 bits per heavy atom. The number of rotatable bonds is 6. The first kappa shape index (κ1) is 27.5. The number of ketones is 1. The Bertz CT molecular complexity index is 1590. The highest BCUT2D eigenvalue weighted by Crippen LogP contribution is 2.44. The lowest BCUT2D eigenvalue weighted by Gasteiger charge is -2.36. The highest BCUT2D eigenvalue weighted by molar-refractivity contribution is 6.36. The second-order valence-electron chi connectivity index (χ2n) is 8.31. The first-order valence-electron chi connectivity index (χ1n) is 11.5. The van der Waals surface area contributed by atoms with E-state index < -0.39 is 23.6 Å². The van der Waals surface area contributed by atoms with Gasteiger partial charge in [-0.05, 0) is 35.9 Å². The summed E-state index contributed by atoms with van der Waals surface area (Å²) < 4.78 is 10.1. The third kappa shape index (κ3) is 4.98. The van der Waals surface area contributed by atoms with Gasteiger partial charge in [0, 0.05) is 16.1 Å².